The van der Waals surface area contributed by atoms with Gasteiger partial charge in [0, 0.05) is 19.6 Å². The van der Waals surface area contributed by atoms with Crippen LogP contribution in [0.4, 0.5) is 0 Å². The molecule has 0 atom stereocenters. The van der Waals surface area contributed by atoms with Crippen molar-refractivity contribution in [1.29, 1.82) is 0 Å². The molecule has 4 aromatic carbocycles. The van der Waals surface area contributed by atoms with Crippen LogP contribution < -0.4 is 0 Å². The molecule has 4 aromatic rings. The molecule has 150 valence electrons. The minimum absolute atomic E-state index is 0.637. The van der Waals surface area contributed by atoms with Crippen molar-refractivity contribution < 1.29 is 14.2 Å². The van der Waals surface area contributed by atoms with E-state index in [-0.39, 0.29) is 0 Å². The fourth-order valence-corrected chi connectivity index (χ4v) is 4.37. The van der Waals surface area contributed by atoms with Gasteiger partial charge in [0.15, 0.2) is 0 Å². The minimum atomic E-state index is 0.637. The number of nitrogens with zero attached hydrogens (tertiary/aromatic N) is 1. The van der Waals surface area contributed by atoms with Gasteiger partial charge in [-0.3, -0.25) is 4.90 Å². The number of ether oxygens (including phenoxy) is 3. The number of hydrogen-bond acceptors (Lipinski definition) is 4. The highest BCUT2D eigenvalue weighted by molar-refractivity contribution is 6.23. The molecule has 1 saturated heterocycles. The second-order valence-electron chi connectivity index (χ2n) is 7.69. The van der Waals surface area contributed by atoms with Gasteiger partial charge in [0.25, 0.3) is 0 Å². The second kappa shape index (κ2) is 8.64. The fourth-order valence-electron chi connectivity index (χ4n) is 4.37. The fraction of sp³-hybridized carbons (Fsp3) is 0.360. The molecule has 4 nitrogen and oxygen atoms in total. The zero-order valence-corrected chi connectivity index (χ0v) is 16.7. The summed E-state index contributed by atoms with van der Waals surface area (Å²) >= 11 is 0. The standard InChI is InChI=1S/C25H27NO3/c1-2-19-4-5-21-6-7-22(23-9-8-20(3-1)24(19)25(21)23)18-26-10-12-27-14-16-29-17-15-28-13-11-26/h1-9H,10-18H2. The van der Waals surface area contributed by atoms with Crippen molar-refractivity contribution in [2.24, 2.45) is 0 Å². The third-order valence-electron chi connectivity index (χ3n) is 5.86. The first-order valence-electron chi connectivity index (χ1n) is 10.5. The van der Waals surface area contributed by atoms with Gasteiger partial charge in [0.2, 0.25) is 0 Å². The third-order valence-corrected chi connectivity index (χ3v) is 5.86. The zero-order chi connectivity index (χ0) is 19.5. The first-order chi connectivity index (χ1) is 14.4. The van der Waals surface area contributed by atoms with Gasteiger partial charge in [0.05, 0.1) is 39.6 Å². The van der Waals surface area contributed by atoms with Crippen LogP contribution >= 0.6 is 0 Å². The quantitative estimate of drug-likeness (QED) is 0.474. The molecule has 29 heavy (non-hydrogen) atoms. The van der Waals surface area contributed by atoms with Crippen molar-refractivity contribution in [2.45, 2.75) is 6.54 Å². The topological polar surface area (TPSA) is 30.9 Å². The molecule has 1 aliphatic heterocycles. The lowest BCUT2D eigenvalue weighted by molar-refractivity contribution is -0.00684. The molecule has 0 spiro atoms. The lowest BCUT2D eigenvalue weighted by Crippen LogP contribution is -2.32. The van der Waals surface area contributed by atoms with Gasteiger partial charge >= 0.3 is 0 Å². The molecule has 0 saturated carbocycles. The van der Waals surface area contributed by atoms with Crippen LogP contribution in [0.3, 0.4) is 0 Å². The molecule has 0 bridgehead atoms. The molecule has 0 aromatic heterocycles. The van der Waals surface area contributed by atoms with Crippen LogP contribution in [0.2, 0.25) is 0 Å². The van der Waals surface area contributed by atoms with Crippen molar-refractivity contribution >= 4 is 32.3 Å². The van der Waals surface area contributed by atoms with Crippen LogP contribution in [0.1, 0.15) is 5.56 Å². The molecular formula is C25H27NO3. The summed E-state index contributed by atoms with van der Waals surface area (Å²) in [5, 5.41) is 8.06. The van der Waals surface area contributed by atoms with Crippen LogP contribution in [-0.4, -0.2) is 57.6 Å². The molecule has 1 fully saturated rings. The Kier molecular flexibility index (Phi) is 5.59. The minimum Gasteiger partial charge on any atom is -0.378 e. The molecule has 0 unspecified atom stereocenters. The summed E-state index contributed by atoms with van der Waals surface area (Å²) in [7, 11) is 0. The van der Waals surface area contributed by atoms with Crippen molar-refractivity contribution in [1.82, 2.24) is 4.90 Å². The van der Waals surface area contributed by atoms with E-state index >= 15 is 0 Å². The molecule has 1 aliphatic rings. The van der Waals surface area contributed by atoms with Crippen LogP contribution in [0.5, 0.6) is 0 Å². The van der Waals surface area contributed by atoms with E-state index in [9.17, 15) is 0 Å². The molecule has 0 aliphatic carbocycles. The first-order valence-corrected chi connectivity index (χ1v) is 10.5. The lowest BCUT2D eigenvalue weighted by atomic mass is 9.92. The largest absolute Gasteiger partial charge is 0.378 e. The maximum atomic E-state index is 5.75. The van der Waals surface area contributed by atoms with Crippen molar-refractivity contribution in [3.63, 3.8) is 0 Å². The van der Waals surface area contributed by atoms with Crippen LogP contribution in [0.25, 0.3) is 32.3 Å². The van der Waals surface area contributed by atoms with Gasteiger partial charge in [-0.15, -0.1) is 0 Å². The predicted molar refractivity (Wildman–Crippen MR) is 118 cm³/mol. The Labute approximate surface area is 171 Å². The van der Waals surface area contributed by atoms with E-state index < -0.39 is 0 Å². The van der Waals surface area contributed by atoms with E-state index in [2.05, 4.69) is 59.5 Å². The Morgan fingerprint density at radius 3 is 1.83 bits per heavy atom. The zero-order valence-electron chi connectivity index (χ0n) is 16.7. The van der Waals surface area contributed by atoms with Gasteiger partial charge in [-0.25, -0.2) is 0 Å². The smallest absolute Gasteiger partial charge is 0.0701 e. The number of hydrogen-bond donors (Lipinski definition) is 0. The lowest BCUT2D eigenvalue weighted by Gasteiger charge is -2.24. The highest BCUT2D eigenvalue weighted by atomic mass is 16.5. The summed E-state index contributed by atoms with van der Waals surface area (Å²) in [6.45, 7) is 6.69. The Hall–Kier alpha value is -2.24. The first kappa shape index (κ1) is 18.8. The van der Waals surface area contributed by atoms with E-state index in [0.29, 0.717) is 26.4 Å². The average Bonchev–Trinajstić information content (AvgIpc) is 2.75. The van der Waals surface area contributed by atoms with Crippen LogP contribution in [-0.2, 0) is 20.8 Å². The van der Waals surface area contributed by atoms with Crippen molar-refractivity contribution in [3.8, 4) is 0 Å². The van der Waals surface area contributed by atoms with Crippen molar-refractivity contribution in [2.75, 3.05) is 52.7 Å². The summed E-state index contributed by atoms with van der Waals surface area (Å²) in [5.41, 5.74) is 1.37. The Balaban J connectivity index is 1.47. The SMILES string of the molecule is c1cc2ccc3ccc(CN4CCOCCOCCOCC4)c4ccc(c1)c2c34. The van der Waals surface area contributed by atoms with Crippen LogP contribution in [0.15, 0.2) is 54.6 Å². The van der Waals surface area contributed by atoms with Crippen molar-refractivity contribution in [3.05, 3.63) is 60.2 Å². The van der Waals surface area contributed by atoms with Crippen LogP contribution in [0, 0.1) is 0 Å². The Bertz CT molecular complexity index is 1070. The average molecular weight is 389 g/mol. The second-order valence-corrected chi connectivity index (χ2v) is 7.69. The molecule has 5 rings (SSSR count). The molecular weight excluding hydrogens is 362 g/mol. The van der Waals surface area contributed by atoms with Gasteiger partial charge in [0.1, 0.15) is 0 Å². The highest BCUT2D eigenvalue weighted by Crippen LogP contribution is 2.36. The summed E-state index contributed by atoms with van der Waals surface area (Å²) in [4.78, 5) is 2.44. The summed E-state index contributed by atoms with van der Waals surface area (Å²) in [6.07, 6.45) is 0. The normalized spacial score (nSPS) is 18.2. The van der Waals surface area contributed by atoms with Gasteiger partial charge in [-0.1, -0.05) is 54.6 Å². The Morgan fingerprint density at radius 2 is 1.14 bits per heavy atom. The van der Waals surface area contributed by atoms with E-state index in [1.165, 1.54) is 37.9 Å². The maximum Gasteiger partial charge on any atom is 0.0701 e. The van der Waals surface area contributed by atoms with Gasteiger partial charge < -0.3 is 14.2 Å². The number of rotatable bonds is 2. The van der Waals surface area contributed by atoms with E-state index in [4.69, 9.17) is 14.2 Å². The molecule has 4 heteroatoms. The predicted octanol–water partition coefficient (Wildman–Crippen LogP) is 4.45. The maximum absolute atomic E-state index is 5.75. The Morgan fingerprint density at radius 1 is 0.586 bits per heavy atom. The molecule has 0 N–H and O–H groups in total. The van der Waals surface area contributed by atoms with Gasteiger partial charge in [-0.2, -0.15) is 0 Å². The summed E-state index contributed by atoms with van der Waals surface area (Å²) in [6, 6.07) is 20.1. The molecule has 0 radical (unpaired) electrons. The van der Waals surface area contributed by atoms with E-state index in [1.807, 2.05) is 0 Å². The van der Waals surface area contributed by atoms with E-state index in [0.717, 1.165) is 32.8 Å². The third kappa shape index (κ3) is 3.94. The molecule has 0 amide bonds. The number of benzene rings is 4. The summed E-state index contributed by atoms with van der Waals surface area (Å²) in [5.74, 6) is 0. The van der Waals surface area contributed by atoms with E-state index in [1.54, 1.807) is 0 Å². The summed E-state index contributed by atoms with van der Waals surface area (Å²) < 4.78 is 17.0. The molecule has 1 heterocycles. The highest BCUT2D eigenvalue weighted by Gasteiger charge is 2.13. The monoisotopic (exact) mass is 389 g/mol. The van der Waals surface area contributed by atoms with Gasteiger partial charge in [-0.05, 0) is 37.9 Å².